The highest BCUT2D eigenvalue weighted by Crippen LogP contribution is 2.33. The number of carbonyl (C=O) groups is 1. The van der Waals surface area contributed by atoms with Crippen LogP contribution in [-0.2, 0) is 4.79 Å². The van der Waals surface area contributed by atoms with Crippen molar-refractivity contribution in [3.05, 3.63) is 22.3 Å². The third kappa shape index (κ3) is 3.57. The molecule has 3 rings (SSSR count). The number of carbonyl (C=O) groups excluding carboxylic acids is 1. The average Bonchev–Trinajstić information content (AvgIpc) is 3.02. The molecule has 0 radical (unpaired) electrons. The lowest BCUT2D eigenvalue weighted by Crippen LogP contribution is -2.50. The largest absolute Gasteiger partial charge is 0.326 e. The predicted molar refractivity (Wildman–Crippen MR) is 97.9 cm³/mol. The number of nitriles is 1. The van der Waals surface area contributed by atoms with Crippen molar-refractivity contribution in [1.29, 1.82) is 5.26 Å². The van der Waals surface area contributed by atoms with Gasteiger partial charge in [-0.2, -0.15) is 5.26 Å². The number of hydrogen-bond donors (Lipinski definition) is 0. The second-order valence-electron chi connectivity index (χ2n) is 6.13. The summed E-state index contributed by atoms with van der Waals surface area (Å²) in [5.41, 5.74) is -0.190. The zero-order valence-corrected chi connectivity index (χ0v) is 16.0. The quantitative estimate of drug-likeness (QED) is 0.733. The Kier molecular flexibility index (Phi) is 5.42. The maximum absolute atomic E-state index is 12.6. The van der Waals surface area contributed by atoms with Gasteiger partial charge in [0.05, 0.1) is 21.9 Å². The van der Waals surface area contributed by atoms with Gasteiger partial charge in [0.1, 0.15) is 5.54 Å². The second kappa shape index (κ2) is 7.40. The van der Waals surface area contributed by atoms with Crippen LogP contribution in [0.15, 0.2) is 17.4 Å². The molecule has 1 saturated carbocycles. The lowest BCUT2D eigenvalue weighted by atomic mass is 9.81. The maximum atomic E-state index is 12.6. The van der Waals surface area contributed by atoms with Gasteiger partial charge in [0, 0.05) is 13.2 Å². The van der Waals surface area contributed by atoms with E-state index in [2.05, 4.69) is 16.3 Å². The van der Waals surface area contributed by atoms with Crippen LogP contribution in [0.2, 0.25) is 10.0 Å². The minimum absolute atomic E-state index is 0.0988. The minimum atomic E-state index is -0.685. The Morgan fingerprint density at radius 3 is 2.80 bits per heavy atom. The average molecular weight is 398 g/mol. The van der Waals surface area contributed by atoms with Crippen LogP contribution in [0.25, 0.3) is 5.65 Å². The molecule has 2 heterocycles. The fourth-order valence-corrected chi connectivity index (χ4v) is 4.45. The molecule has 0 aromatic carbocycles. The molecule has 132 valence electrons. The number of halogens is 2. The van der Waals surface area contributed by atoms with Crippen molar-refractivity contribution < 1.29 is 4.79 Å². The Morgan fingerprint density at radius 2 is 2.12 bits per heavy atom. The molecular formula is C16H17Cl2N5OS. The van der Waals surface area contributed by atoms with E-state index in [1.807, 2.05) is 0 Å². The molecule has 1 aliphatic carbocycles. The van der Waals surface area contributed by atoms with Crippen LogP contribution < -0.4 is 0 Å². The highest BCUT2D eigenvalue weighted by Gasteiger charge is 2.38. The highest BCUT2D eigenvalue weighted by atomic mass is 35.5. The first-order valence-corrected chi connectivity index (χ1v) is 9.71. The van der Waals surface area contributed by atoms with Crippen LogP contribution in [0.1, 0.15) is 32.1 Å². The van der Waals surface area contributed by atoms with E-state index in [4.69, 9.17) is 23.2 Å². The fraction of sp³-hybridized carbons (Fsp3) is 0.500. The normalized spacial score (nSPS) is 16.6. The Bertz CT molecular complexity index is 841. The van der Waals surface area contributed by atoms with E-state index >= 15 is 0 Å². The van der Waals surface area contributed by atoms with Crippen LogP contribution in [0.4, 0.5) is 0 Å². The van der Waals surface area contributed by atoms with Crippen molar-refractivity contribution in [3.8, 4) is 6.07 Å². The molecule has 1 fully saturated rings. The zero-order chi connectivity index (χ0) is 18.0. The molecule has 0 bridgehead atoms. The fourth-order valence-electron chi connectivity index (χ4n) is 3.12. The van der Waals surface area contributed by atoms with Crippen molar-refractivity contribution in [3.63, 3.8) is 0 Å². The molecular weight excluding hydrogens is 381 g/mol. The number of hydrogen-bond acceptors (Lipinski definition) is 5. The molecule has 9 heteroatoms. The van der Waals surface area contributed by atoms with E-state index < -0.39 is 5.54 Å². The third-order valence-electron chi connectivity index (χ3n) is 4.62. The first-order valence-electron chi connectivity index (χ1n) is 7.97. The van der Waals surface area contributed by atoms with Crippen molar-refractivity contribution in [2.75, 3.05) is 12.8 Å². The van der Waals surface area contributed by atoms with Crippen molar-refractivity contribution >= 4 is 46.5 Å². The minimum Gasteiger partial charge on any atom is -0.326 e. The molecule has 2 aromatic rings. The zero-order valence-electron chi connectivity index (χ0n) is 13.7. The van der Waals surface area contributed by atoms with Gasteiger partial charge in [-0.05, 0) is 18.9 Å². The summed E-state index contributed by atoms with van der Waals surface area (Å²) < 4.78 is 1.67. The van der Waals surface area contributed by atoms with E-state index in [0.29, 0.717) is 20.8 Å². The van der Waals surface area contributed by atoms with E-state index in [1.165, 1.54) is 11.8 Å². The van der Waals surface area contributed by atoms with Crippen LogP contribution in [0.3, 0.4) is 0 Å². The summed E-state index contributed by atoms with van der Waals surface area (Å²) in [6.45, 7) is 0. The van der Waals surface area contributed by atoms with Crippen LogP contribution in [0, 0.1) is 11.3 Å². The highest BCUT2D eigenvalue weighted by molar-refractivity contribution is 7.99. The van der Waals surface area contributed by atoms with Gasteiger partial charge >= 0.3 is 0 Å². The third-order valence-corrected chi connectivity index (χ3v) is 6.04. The Hall–Kier alpha value is -1.49. The van der Waals surface area contributed by atoms with Crippen LogP contribution in [-0.4, -0.2) is 43.7 Å². The lowest BCUT2D eigenvalue weighted by molar-refractivity contribution is -0.131. The van der Waals surface area contributed by atoms with Gasteiger partial charge in [-0.25, -0.2) is 0 Å². The van der Waals surface area contributed by atoms with Gasteiger partial charge in [0.25, 0.3) is 0 Å². The SMILES string of the molecule is CN(C(=O)CSc1nnc2c(Cl)cc(Cl)cn12)C1(C#N)CCCCC1. The van der Waals surface area contributed by atoms with E-state index in [1.54, 1.807) is 28.6 Å². The number of nitrogens with zero attached hydrogens (tertiary/aromatic N) is 5. The number of amides is 1. The standard InChI is InChI=1S/C16H17Cl2N5OS/c1-22(16(10-19)5-3-2-4-6-16)13(24)9-25-15-21-20-14-12(18)7-11(17)8-23(14)15/h7-8H,2-6,9H2,1H3. The molecule has 0 atom stereocenters. The summed E-state index contributed by atoms with van der Waals surface area (Å²) in [5, 5.41) is 19.1. The van der Waals surface area contributed by atoms with Gasteiger partial charge in [-0.15, -0.1) is 10.2 Å². The maximum Gasteiger partial charge on any atom is 0.234 e. The van der Waals surface area contributed by atoms with Crippen LogP contribution in [0.5, 0.6) is 0 Å². The number of aromatic nitrogens is 3. The smallest absolute Gasteiger partial charge is 0.234 e. The first kappa shape index (κ1) is 18.3. The molecule has 0 aliphatic heterocycles. The molecule has 0 N–H and O–H groups in total. The summed E-state index contributed by atoms with van der Waals surface area (Å²) in [6.07, 6.45) is 6.20. The summed E-state index contributed by atoms with van der Waals surface area (Å²) in [7, 11) is 1.72. The molecule has 2 aromatic heterocycles. The molecule has 6 nitrogen and oxygen atoms in total. The summed E-state index contributed by atoms with van der Waals surface area (Å²) in [4.78, 5) is 14.2. The second-order valence-corrected chi connectivity index (χ2v) is 7.91. The van der Waals surface area contributed by atoms with Gasteiger partial charge in [-0.3, -0.25) is 9.20 Å². The Morgan fingerprint density at radius 1 is 1.40 bits per heavy atom. The number of thioether (sulfide) groups is 1. The molecule has 25 heavy (non-hydrogen) atoms. The Balaban J connectivity index is 1.73. The molecule has 0 unspecified atom stereocenters. The van der Waals surface area contributed by atoms with E-state index in [0.717, 1.165) is 32.1 Å². The number of rotatable bonds is 4. The van der Waals surface area contributed by atoms with E-state index in [-0.39, 0.29) is 11.7 Å². The van der Waals surface area contributed by atoms with Gasteiger partial charge < -0.3 is 4.90 Å². The monoisotopic (exact) mass is 397 g/mol. The molecule has 0 saturated heterocycles. The van der Waals surface area contributed by atoms with Crippen molar-refractivity contribution in [2.45, 2.75) is 42.8 Å². The number of pyridine rings is 1. The van der Waals surface area contributed by atoms with E-state index in [9.17, 15) is 10.1 Å². The Labute approximate surface area is 160 Å². The number of fused-ring (bicyclic) bond motifs is 1. The topological polar surface area (TPSA) is 74.3 Å². The van der Waals surface area contributed by atoms with Crippen LogP contribution >= 0.6 is 35.0 Å². The molecule has 1 aliphatic rings. The first-order chi connectivity index (χ1) is 12.0. The lowest BCUT2D eigenvalue weighted by Gasteiger charge is -2.39. The summed E-state index contributed by atoms with van der Waals surface area (Å²) >= 11 is 13.4. The predicted octanol–water partition coefficient (Wildman–Crippen LogP) is 3.81. The summed E-state index contributed by atoms with van der Waals surface area (Å²) in [5.74, 6) is 0.0727. The van der Waals surface area contributed by atoms with Gasteiger partial charge in [0.15, 0.2) is 10.8 Å². The summed E-state index contributed by atoms with van der Waals surface area (Å²) in [6, 6.07) is 3.96. The van der Waals surface area contributed by atoms with Crippen molar-refractivity contribution in [2.24, 2.45) is 0 Å². The van der Waals surface area contributed by atoms with Gasteiger partial charge in [0.2, 0.25) is 5.91 Å². The molecule has 1 amide bonds. The van der Waals surface area contributed by atoms with Crippen molar-refractivity contribution in [1.82, 2.24) is 19.5 Å². The van der Waals surface area contributed by atoms with Gasteiger partial charge in [-0.1, -0.05) is 54.2 Å². The molecule has 0 spiro atoms.